The van der Waals surface area contributed by atoms with E-state index in [-0.39, 0.29) is 5.82 Å². The Morgan fingerprint density at radius 1 is 1.00 bits per heavy atom. The molecule has 4 heteroatoms. The Hall–Kier alpha value is -0.710. The molecule has 100 valence electrons. The van der Waals surface area contributed by atoms with Crippen LogP contribution in [-0.4, -0.2) is 11.2 Å². The van der Waals surface area contributed by atoms with E-state index in [9.17, 15) is 9.50 Å². The molecule has 2 rings (SSSR count). The van der Waals surface area contributed by atoms with Crippen molar-refractivity contribution in [2.75, 3.05) is 0 Å². The number of aliphatic hydroxyl groups excluding tert-OH is 1. The highest BCUT2D eigenvalue weighted by Gasteiger charge is 2.11. The van der Waals surface area contributed by atoms with E-state index in [1.807, 2.05) is 24.3 Å². The van der Waals surface area contributed by atoms with Gasteiger partial charge in [-0.25, -0.2) is 4.39 Å². The van der Waals surface area contributed by atoms with E-state index in [0.29, 0.717) is 22.9 Å². The minimum Gasteiger partial charge on any atom is -0.392 e. The molecule has 2 aromatic rings. The van der Waals surface area contributed by atoms with E-state index in [0.717, 1.165) is 10.0 Å². The number of hydrogen-bond donors (Lipinski definition) is 1. The molecule has 19 heavy (non-hydrogen) atoms. The first kappa shape index (κ1) is 14.7. The van der Waals surface area contributed by atoms with Gasteiger partial charge in [-0.2, -0.15) is 0 Å². The quantitative estimate of drug-likeness (QED) is 0.818. The van der Waals surface area contributed by atoms with Crippen LogP contribution < -0.4 is 0 Å². The van der Waals surface area contributed by atoms with Crippen molar-refractivity contribution in [3.05, 3.63) is 68.4 Å². The molecule has 1 unspecified atom stereocenters. The highest BCUT2D eigenvalue weighted by Crippen LogP contribution is 2.18. The Morgan fingerprint density at radius 3 is 2.42 bits per heavy atom. The molecule has 0 saturated heterocycles. The predicted octanol–water partition coefficient (Wildman–Crippen LogP) is 4.50. The van der Waals surface area contributed by atoms with Gasteiger partial charge in [-0.1, -0.05) is 50.1 Å². The van der Waals surface area contributed by atoms with Gasteiger partial charge in [0.05, 0.1) is 6.10 Å². The van der Waals surface area contributed by atoms with Crippen LogP contribution in [0.1, 0.15) is 11.1 Å². The molecule has 0 fully saturated rings. The normalized spacial score (nSPS) is 12.4. The maximum Gasteiger partial charge on any atom is 0.127 e. The van der Waals surface area contributed by atoms with Crippen molar-refractivity contribution in [2.24, 2.45) is 0 Å². The van der Waals surface area contributed by atoms with Crippen molar-refractivity contribution >= 4 is 31.9 Å². The van der Waals surface area contributed by atoms with Gasteiger partial charge in [0.15, 0.2) is 0 Å². The summed E-state index contributed by atoms with van der Waals surface area (Å²) < 4.78 is 15.3. The third-order valence-electron chi connectivity index (χ3n) is 2.83. The maximum atomic E-state index is 13.7. The van der Waals surface area contributed by atoms with Gasteiger partial charge in [-0.05, 0) is 41.8 Å². The van der Waals surface area contributed by atoms with E-state index < -0.39 is 6.10 Å². The molecule has 0 aromatic heterocycles. The zero-order valence-electron chi connectivity index (χ0n) is 10.1. The summed E-state index contributed by atoms with van der Waals surface area (Å²) in [5.41, 5.74) is 1.56. The summed E-state index contributed by atoms with van der Waals surface area (Å²) in [5.74, 6) is -0.289. The summed E-state index contributed by atoms with van der Waals surface area (Å²) in [6.07, 6.45) is 0.227. The SMILES string of the molecule is OC(Cc1cccc(Br)c1)Cc1ccc(Br)cc1F. The second-order valence-corrected chi connectivity index (χ2v) is 6.26. The molecule has 0 saturated carbocycles. The molecule has 0 aliphatic heterocycles. The van der Waals surface area contributed by atoms with Crippen LogP contribution in [0.25, 0.3) is 0 Å². The molecule has 0 spiro atoms. The molecule has 0 aliphatic carbocycles. The molecule has 1 N–H and O–H groups in total. The third-order valence-corrected chi connectivity index (χ3v) is 3.82. The standard InChI is InChI=1S/C15H13Br2FO/c16-12-3-1-2-10(6-12)7-14(19)8-11-4-5-13(17)9-15(11)18/h1-6,9,14,19H,7-8H2. The third kappa shape index (κ3) is 4.41. The van der Waals surface area contributed by atoms with Crippen molar-refractivity contribution in [3.8, 4) is 0 Å². The largest absolute Gasteiger partial charge is 0.392 e. The molecule has 0 amide bonds. The summed E-state index contributed by atoms with van der Waals surface area (Å²) in [6.45, 7) is 0. The number of aliphatic hydroxyl groups is 1. The Balaban J connectivity index is 2.03. The van der Waals surface area contributed by atoms with Crippen molar-refractivity contribution in [1.82, 2.24) is 0 Å². The average Bonchev–Trinajstić information content (AvgIpc) is 2.33. The van der Waals surface area contributed by atoms with Crippen molar-refractivity contribution < 1.29 is 9.50 Å². The first-order valence-electron chi connectivity index (χ1n) is 5.91. The van der Waals surface area contributed by atoms with Gasteiger partial charge in [0.2, 0.25) is 0 Å². The lowest BCUT2D eigenvalue weighted by Crippen LogP contribution is -2.14. The van der Waals surface area contributed by atoms with Crippen LogP contribution in [0.15, 0.2) is 51.4 Å². The lowest BCUT2D eigenvalue weighted by molar-refractivity contribution is 0.174. The zero-order chi connectivity index (χ0) is 13.8. The van der Waals surface area contributed by atoms with Gasteiger partial charge in [0.1, 0.15) is 5.82 Å². The van der Waals surface area contributed by atoms with Crippen LogP contribution in [0.5, 0.6) is 0 Å². The summed E-state index contributed by atoms with van der Waals surface area (Å²) in [7, 11) is 0. The summed E-state index contributed by atoms with van der Waals surface area (Å²) in [5, 5.41) is 10.0. The van der Waals surface area contributed by atoms with Crippen LogP contribution in [0.4, 0.5) is 4.39 Å². The first-order valence-corrected chi connectivity index (χ1v) is 7.49. The second kappa shape index (κ2) is 6.64. The topological polar surface area (TPSA) is 20.2 Å². The van der Waals surface area contributed by atoms with Gasteiger partial charge in [-0.15, -0.1) is 0 Å². The Kier molecular flexibility index (Phi) is 5.13. The molecule has 0 radical (unpaired) electrons. The number of rotatable bonds is 4. The van der Waals surface area contributed by atoms with Crippen LogP contribution in [0, 0.1) is 5.82 Å². The minimum atomic E-state index is -0.593. The van der Waals surface area contributed by atoms with Crippen LogP contribution in [0.2, 0.25) is 0 Å². The number of benzene rings is 2. The van der Waals surface area contributed by atoms with Gasteiger partial charge in [0, 0.05) is 15.4 Å². The average molecular weight is 388 g/mol. The van der Waals surface area contributed by atoms with E-state index in [2.05, 4.69) is 31.9 Å². The molecular weight excluding hydrogens is 375 g/mol. The highest BCUT2D eigenvalue weighted by atomic mass is 79.9. The Morgan fingerprint density at radius 2 is 1.74 bits per heavy atom. The van der Waals surface area contributed by atoms with Gasteiger partial charge >= 0.3 is 0 Å². The lowest BCUT2D eigenvalue weighted by atomic mass is 10.0. The van der Waals surface area contributed by atoms with E-state index in [1.165, 1.54) is 6.07 Å². The fourth-order valence-electron chi connectivity index (χ4n) is 1.95. The monoisotopic (exact) mass is 386 g/mol. The van der Waals surface area contributed by atoms with E-state index >= 15 is 0 Å². The summed E-state index contributed by atoms with van der Waals surface area (Å²) in [6, 6.07) is 12.7. The molecular formula is C15H13Br2FO. The smallest absolute Gasteiger partial charge is 0.127 e. The molecule has 0 heterocycles. The van der Waals surface area contributed by atoms with E-state index in [1.54, 1.807) is 12.1 Å². The highest BCUT2D eigenvalue weighted by molar-refractivity contribution is 9.10. The maximum absolute atomic E-state index is 13.7. The molecule has 0 aliphatic rings. The van der Waals surface area contributed by atoms with E-state index in [4.69, 9.17) is 0 Å². The zero-order valence-corrected chi connectivity index (χ0v) is 13.3. The van der Waals surface area contributed by atoms with Gasteiger partial charge in [-0.3, -0.25) is 0 Å². The van der Waals surface area contributed by atoms with Crippen LogP contribution in [0.3, 0.4) is 0 Å². The van der Waals surface area contributed by atoms with Crippen molar-refractivity contribution in [1.29, 1.82) is 0 Å². The number of hydrogen-bond acceptors (Lipinski definition) is 1. The molecule has 1 atom stereocenters. The number of halogens is 3. The van der Waals surface area contributed by atoms with Crippen LogP contribution >= 0.6 is 31.9 Å². The molecule has 2 aromatic carbocycles. The fraction of sp³-hybridized carbons (Fsp3) is 0.200. The summed E-state index contributed by atoms with van der Waals surface area (Å²) >= 11 is 6.61. The first-order chi connectivity index (χ1) is 9.04. The Labute approximate surface area is 128 Å². The van der Waals surface area contributed by atoms with Crippen molar-refractivity contribution in [2.45, 2.75) is 18.9 Å². The summed E-state index contributed by atoms with van der Waals surface area (Å²) in [4.78, 5) is 0. The second-order valence-electron chi connectivity index (χ2n) is 4.43. The minimum absolute atomic E-state index is 0.289. The Bertz CT molecular complexity index is 572. The van der Waals surface area contributed by atoms with Gasteiger partial charge < -0.3 is 5.11 Å². The van der Waals surface area contributed by atoms with Crippen LogP contribution in [-0.2, 0) is 12.8 Å². The van der Waals surface area contributed by atoms with Crippen molar-refractivity contribution in [3.63, 3.8) is 0 Å². The predicted molar refractivity (Wildman–Crippen MR) is 81.7 cm³/mol. The van der Waals surface area contributed by atoms with Gasteiger partial charge in [0.25, 0.3) is 0 Å². The molecule has 0 bridgehead atoms. The fourth-order valence-corrected chi connectivity index (χ4v) is 2.73. The molecule has 1 nitrogen and oxygen atoms in total. The lowest BCUT2D eigenvalue weighted by Gasteiger charge is -2.12.